The van der Waals surface area contributed by atoms with Crippen molar-refractivity contribution in [3.8, 4) is 5.75 Å². The van der Waals surface area contributed by atoms with Gasteiger partial charge in [-0.25, -0.2) is 9.78 Å². The normalized spacial score (nSPS) is 10.8. The van der Waals surface area contributed by atoms with Crippen molar-refractivity contribution in [1.29, 1.82) is 0 Å². The minimum absolute atomic E-state index is 0.0217. The number of carboxylic acids is 1. The van der Waals surface area contributed by atoms with E-state index in [-0.39, 0.29) is 12.3 Å². The van der Waals surface area contributed by atoms with E-state index in [1.54, 1.807) is 40.8 Å². The SMILES string of the molecule is Cc1cccc2c(C(=O)O)nc(COc3cccc(Cl)c3)n12. The molecule has 112 valence electrons. The molecule has 3 aromatic rings. The topological polar surface area (TPSA) is 63.8 Å². The number of nitrogens with zero attached hydrogens (tertiary/aromatic N) is 2. The molecular weight excluding hydrogens is 304 g/mol. The van der Waals surface area contributed by atoms with E-state index in [1.807, 2.05) is 13.0 Å². The Kier molecular flexibility index (Phi) is 3.73. The Morgan fingerprint density at radius 2 is 2.09 bits per heavy atom. The fraction of sp³-hybridized carbons (Fsp3) is 0.125. The number of carboxylic acid groups (broad SMARTS) is 1. The number of imidazole rings is 1. The molecule has 0 fully saturated rings. The molecule has 0 atom stereocenters. The van der Waals surface area contributed by atoms with Crippen LogP contribution in [-0.2, 0) is 6.61 Å². The highest BCUT2D eigenvalue weighted by molar-refractivity contribution is 6.30. The van der Waals surface area contributed by atoms with E-state index in [2.05, 4.69) is 4.98 Å². The lowest BCUT2D eigenvalue weighted by molar-refractivity contribution is 0.0693. The van der Waals surface area contributed by atoms with Gasteiger partial charge in [-0.15, -0.1) is 0 Å². The number of ether oxygens (including phenoxy) is 1. The Labute approximate surface area is 131 Å². The smallest absolute Gasteiger partial charge is 0.356 e. The Morgan fingerprint density at radius 3 is 2.82 bits per heavy atom. The minimum Gasteiger partial charge on any atom is -0.486 e. The highest BCUT2D eigenvalue weighted by atomic mass is 35.5. The predicted octanol–water partition coefficient (Wildman–Crippen LogP) is 3.57. The maximum atomic E-state index is 11.3. The summed E-state index contributed by atoms with van der Waals surface area (Å²) in [4.78, 5) is 15.5. The third-order valence-electron chi connectivity index (χ3n) is 3.29. The first kappa shape index (κ1) is 14.4. The first-order valence-corrected chi connectivity index (χ1v) is 7.02. The Bertz CT molecular complexity index is 858. The van der Waals surface area contributed by atoms with Crippen LogP contribution in [0.5, 0.6) is 5.75 Å². The van der Waals surface area contributed by atoms with Gasteiger partial charge in [0.25, 0.3) is 0 Å². The van der Waals surface area contributed by atoms with E-state index in [9.17, 15) is 9.90 Å². The molecule has 0 saturated carbocycles. The van der Waals surface area contributed by atoms with E-state index in [1.165, 1.54) is 0 Å². The highest BCUT2D eigenvalue weighted by Gasteiger charge is 2.17. The second kappa shape index (κ2) is 5.69. The van der Waals surface area contributed by atoms with Crippen LogP contribution in [0.3, 0.4) is 0 Å². The quantitative estimate of drug-likeness (QED) is 0.799. The molecule has 6 heteroatoms. The predicted molar refractivity (Wildman–Crippen MR) is 82.7 cm³/mol. The number of benzene rings is 1. The van der Waals surface area contributed by atoms with Crippen molar-refractivity contribution < 1.29 is 14.6 Å². The van der Waals surface area contributed by atoms with E-state index in [4.69, 9.17) is 16.3 Å². The molecule has 0 unspecified atom stereocenters. The van der Waals surface area contributed by atoms with Gasteiger partial charge >= 0.3 is 5.97 Å². The summed E-state index contributed by atoms with van der Waals surface area (Å²) in [6.07, 6.45) is 0. The van der Waals surface area contributed by atoms with Crippen LogP contribution in [0.1, 0.15) is 22.0 Å². The lowest BCUT2D eigenvalue weighted by Crippen LogP contribution is -2.03. The molecule has 1 aromatic carbocycles. The molecule has 0 saturated heterocycles. The zero-order valence-electron chi connectivity index (χ0n) is 11.8. The molecule has 0 radical (unpaired) electrons. The van der Waals surface area contributed by atoms with Gasteiger partial charge in [-0.1, -0.05) is 23.7 Å². The van der Waals surface area contributed by atoms with Gasteiger partial charge in [0, 0.05) is 10.7 Å². The molecule has 0 bridgehead atoms. The van der Waals surface area contributed by atoms with Crippen LogP contribution in [0.4, 0.5) is 0 Å². The van der Waals surface area contributed by atoms with Gasteiger partial charge < -0.3 is 9.84 Å². The Balaban J connectivity index is 1.98. The maximum absolute atomic E-state index is 11.3. The van der Waals surface area contributed by atoms with Gasteiger partial charge in [0.05, 0.1) is 5.52 Å². The zero-order valence-corrected chi connectivity index (χ0v) is 12.5. The lowest BCUT2D eigenvalue weighted by Gasteiger charge is -2.07. The van der Waals surface area contributed by atoms with Crippen LogP contribution in [0.15, 0.2) is 42.5 Å². The highest BCUT2D eigenvalue weighted by Crippen LogP contribution is 2.20. The monoisotopic (exact) mass is 316 g/mol. The molecule has 0 aliphatic heterocycles. The van der Waals surface area contributed by atoms with Crippen molar-refractivity contribution in [2.75, 3.05) is 0 Å². The molecule has 3 rings (SSSR count). The fourth-order valence-corrected chi connectivity index (χ4v) is 2.52. The fourth-order valence-electron chi connectivity index (χ4n) is 2.34. The number of aromatic carboxylic acids is 1. The first-order valence-electron chi connectivity index (χ1n) is 6.65. The van der Waals surface area contributed by atoms with Crippen molar-refractivity contribution in [3.63, 3.8) is 0 Å². The van der Waals surface area contributed by atoms with Crippen LogP contribution in [0, 0.1) is 6.92 Å². The van der Waals surface area contributed by atoms with E-state index in [0.29, 0.717) is 22.1 Å². The number of hydrogen-bond donors (Lipinski definition) is 1. The molecule has 0 amide bonds. The summed E-state index contributed by atoms with van der Waals surface area (Å²) in [6.45, 7) is 2.04. The van der Waals surface area contributed by atoms with Gasteiger partial charge in [-0.05, 0) is 37.3 Å². The third-order valence-corrected chi connectivity index (χ3v) is 3.53. The van der Waals surface area contributed by atoms with Gasteiger partial charge in [0.15, 0.2) is 11.5 Å². The lowest BCUT2D eigenvalue weighted by atomic mass is 10.3. The molecule has 2 aromatic heterocycles. The van der Waals surface area contributed by atoms with Gasteiger partial charge in [0.2, 0.25) is 0 Å². The van der Waals surface area contributed by atoms with Crippen molar-refractivity contribution in [2.24, 2.45) is 0 Å². The number of fused-ring (bicyclic) bond motifs is 1. The molecule has 5 nitrogen and oxygen atoms in total. The molecule has 0 aliphatic rings. The van der Waals surface area contributed by atoms with Gasteiger partial charge in [-0.2, -0.15) is 0 Å². The molecule has 1 N–H and O–H groups in total. The van der Waals surface area contributed by atoms with Crippen molar-refractivity contribution in [2.45, 2.75) is 13.5 Å². The number of rotatable bonds is 4. The van der Waals surface area contributed by atoms with Crippen LogP contribution >= 0.6 is 11.6 Å². The molecule has 0 aliphatic carbocycles. The summed E-state index contributed by atoms with van der Waals surface area (Å²) in [5.74, 6) is 0.0808. The van der Waals surface area contributed by atoms with Gasteiger partial charge in [-0.3, -0.25) is 4.40 Å². The average Bonchev–Trinajstić information content (AvgIpc) is 2.86. The van der Waals surface area contributed by atoms with Crippen LogP contribution in [-0.4, -0.2) is 20.5 Å². The summed E-state index contributed by atoms with van der Waals surface area (Å²) in [5.41, 5.74) is 1.47. The number of aromatic nitrogens is 2. The maximum Gasteiger partial charge on any atom is 0.356 e. The van der Waals surface area contributed by atoms with Crippen LogP contribution in [0.2, 0.25) is 5.02 Å². The average molecular weight is 317 g/mol. The summed E-state index contributed by atoms with van der Waals surface area (Å²) < 4.78 is 7.45. The molecule has 22 heavy (non-hydrogen) atoms. The van der Waals surface area contributed by atoms with Crippen LogP contribution < -0.4 is 4.74 Å². The second-order valence-corrected chi connectivity index (χ2v) is 5.25. The molecular formula is C16H13ClN2O3. The molecule has 2 heterocycles. The van der Waals surface area contributed by atoms with Gasteiger partial charge in [0.1, 0.15) is 12.4 Å². The summed E-state index contributed by atoms with van der Waals surface area (Å²) in [6, 6.07) is 12.5. The second-order valence-electron chi connectivity index (χ2n) is 4.82. The third kappa shape index (κ3) is 2.63. The number of carbonyl (C=O) groups is 1. The summed E-state index contributed by atoms with van der Waals surface area (Å²) in [5, 5.41) is 9.85. The Hall–Kier alpha value is -2.53. The standard InChI is InChI=1S/C16H13ClN2O3/c1-10-4-2-7-13-15(16(20)21)18-14(19(10)13)9-22-12-6-3-5-11(17)8-12/h2-8H,9H2,1H3,(H,20,21). The molecule has 0 spiro atoms. The largest absolute Gasteiger partial charge is 0.486 e. The first-order chi connectivity index (χ1) is 10.6. The zero-order chi connectivity index (χ0) is 15.7. The summed E-state index contributed by atoms with van der Waals surface area (Å²) in [7, 11) is 0. The van der Waals surface area contributed by atoms with E-state index < -0.39 is 5.97 Å². The van der Waals surface area contributed by atoms with Crippen molar-refractivity contribution >= 4 is 23.1 Å². The van der Waals surface area contributed by atoms with Crippen molar-refractivity contribution in [1.82, 2.24) is 9.38 Å². The number of aryl methyl sites for hydroxylation is 1. The van der Waals surface area contributed by atoms with E-state index >= 15 is 0 Å². The Morgan fingerprint density at radius 1 is 1.32 bits per heavy atom. The summed E-state index contributed by atoms with van der Waals surface area (Å²) >= 11 is 5.91. The van der Waals surface area contributed by atoms with Crippen LogP contribution in [0.25, 0.3) is 5.52 Å². The van der Waals surface area contributed by atoms with E-state index in [0.717, 1.165) is 5.69 Å². The number of pyridine rings is 1. The number of hydrogen-bond acceptors (Lipinski definition) is 3. The number of halogens is 1. The minimum atomic E-state index is -1.06. The van der Waals surface area contributed by atoms with Crippen molar-refractivity contribution in [3.05, 3.63) is 64.7 Å².